The lowest BCUT2D eigenvalue weighted by Gasteiger charge is -2.26. The van der Waals surface area contributed by atoms with Crippen LogP contribution >= 0.6 is 0 Å². The van der Waals surface area contributed by atoms with Gasteiger partial charge in [0.1, 0.15) is 19.3 Å². The molecule has 6 nitrogen and oxygen atoms in total. The Kier molecular flexibility index (Phi) is 31.8. The molecule has 0 N–H and O–H groups in total. The van der Waals surface area contributed by atoms with Crippen molar-refractivity contribution in [2.45, 2.75) is 215 Å². The van der Waals surface area contributed by atoms with Crippen molar-refractivity contribution in [3.05, 3.63) is 0 Å². The monoisotopic (exact) mass is 667 g/mol. The highest BCUT2D eigenvalue weighted by atomic mass is 16.6. The topological polar surface area (TPSA) is 78.9 Å². The minimum atomic E-state index is -0.519. The van der Waals surface area contributed by atoms with Crippen molar-refractivity contribution in [3.63, 3.8) is 0 Å². The fourth-order valence-corrected chi connectivity index (χ4v) is 6.18. The summed E-state index contributed by atoms with van der Waals surface area (Å²) in [4.78, 5) is 39.5. The largest absolute Gasteiger partial charge is 0.465 e. The number of esters is 3. The highest BCUT2D eigenvalue weighted by molar-refractivity contribution is 5.73. The molecule has 0 aliphatic rings. The maximum atomic E-state index is 13.5. The van der Waals surface area contributed by atoms with Gasteiger partial charge < -0.3 is 14.2 Å². The predicted molar refractivity (Wildman–Crippen MR) is 196 cm³/mol. The second kappa shape index (κ2) is 32.9. The highest BCUT2D eigenvalue weighted by Crippen LogP contribution is 2.24. The Morgan fingerprint density at radius 2 is 0.809 bits per heavy atom. The fraction of sp³-hybridized carbons (Fsp3) is 0.927. The molecule has 0 aliphatic heterocycles. The molecule has 47 heavy (non-hydrogen) atoms. The van der Waals surface area contributed by atoms with Gasteiger partial charge in [-0.05, 0) is 39.0 Å². The zero-order valence-electron chi connectivity index (χ0n) is 32.1. The molecule has 278 valence electrons. The zero-order chi connectivity index (χ0) is 35.0. The van der Waals surface area contributed by atoms with Gasteiger partial charge in [0, 0.05) is 6.42 Å². The van der Waals surface area contributed by atoms with E-state index >= 15 is 0 Å². The highest BCUT2D eigenvalue weighted by Gasteiger charge is 2.29. The third-order valence-corrected chi connectivity index (χ3v) is 9.64. The maximum Gasteiger partial charge on any atom is 0.309 e. The summed E-state index contributed by atoms with van der Waals surface area (Å²) in [7, 11) is 0. The molecule has 0 saturated heterocycles. The number of rotatable bonds is 34. The van der Waals surface area contributed by atoms with Gasteiger partial charge in [-0.25, -0.2) is 0 Å². The van der Waals surface area contributed by atoms with Gasteiger partial charge >= 0.3 is 17.9 Å². The van der Waals surface area contributed by atoms with Crippen LogP contribution < -0.4 is 0 Å². The van der Waals surface area contributed by atoms with Crippen molar-refractivity contribution < 1.29 is 28.6 Å². The van der Waals surface area contributed by atoms with E-state index in [1.54, 1.807) is 0 Å². The maximum absolute atomic E-state index is 13.5. The van der Waals surface area contributed by atoms with Gasteiger partial charge in [-0.2, -0.15) is 0 Å². The van der Waals surface area contributed by atoms with E-state index in [0.717, 1.165) is 103 Å². The summed E-state index contributed by atoms with van der Waals surface area (Å²) < 4.78 is 17.8. The molecule has 0 rings (SSSR count). The first-order chi connectivity index (χ1) is 22.8. The Morgan fingerprint density at radius 3 is 1.23 bits per heavy atom. The minimum Gasteiger partial charge on any atom is -0.465 e. The zero-order valence-corrected chi connectivity index (χ0v) is 32.1. The van der Waals surface area contributed by atoms with E-state index in [1.807, 2.05) is 6.92 Å². The summed E-state index contributed by atoms with van der Waals surface area (Å²) >= 11 is 0. The Balaban J connectivity index is 5.49. The molecule has 0 aromatic rings. The minimum absolute atomic E-state index is 0.0881. The van der Waals surface area contributed by atoms with Crippen LogP contribution in [0.25, 0.3) is 0 Å². The van der Waals surface area contributed by atoms with Crippen molar-refractivity contribution in [3.8, 4) is 0 Å². The van der Waals surface area contributed by atoms with Crippen LogP contribution in [0.5, 0.6) is 0 Å². The van der Waals surface area contributed by atoms with Crippen LogP contribution in [0.15, 0.2) is 0 Å². The van der Waals surface area contributed by atoms with Crippen LogP contribution in [0.1, 0.15) is 208 Å². The molecule has 2 unspecified atom stereocenters. The first kappa shape index (κ1) is 45.4. The van der Waals surface area contributed by atoms with Gasteiger partial charge in [0.05, 0.1) is 17.8 Å². The molecular formula is C41H78O6. The molecule has 0 heterocycles. The molecule has 0 saturated carbocycles. The van der Waals surface area contributed by atoms with Gasteiger partial charge in [0.2, 0.25) is 0 Å². The molecule has 2 atom stereocenters. The summed E-state index contributed by atoms with van der Waals surface area (Å²) in [6.07, 6.45) is 26.7. The number of ether oxygens (including phenoxy) is 3. The van der Waals surface area contributed by atoms with Crippen LogP contribution in [0.2, 0.25) is 0 Å². The lowest BCUT2D eigenvalue weighted by atomic mass is 9.94. The molecule has 0 spiro atoms. The molecule has 0 aliphatic carbocycles. The third-order valence-electron chi connectivity index (χ3n) is 9.64. The van der Waals surface area contributed by atoms with Crippen molar-refractivity contribution in [2.24, 2.45) is 17.8 Å². The molecule has 0 amide bonds. The van der Waals surface area contributed by atoms with E-state index < -0.39 is 12.0 Å². The van der Waals surface area contributed by atoms with Crippen molar-refractivity contribution in [1.82, 2.24) is 0 Å². The van der Waals surface area contributed by atoms with Crippen molar-refractivity contribution in [2.75, 3.05) is 13.2 Å². The van der Waals surface area contributed by atoms with Crippen molar-refractivity contribution in [1.29, 1.82) is 0 Å². The average Bonchev–Trinajstić information content (AvgIpc) is 3.06. The molecule has 0 radical (unpaired) electrons. The average molecular weight is 667 g/mol. The second-order valence-corrected chi connectivity index (χ2v) is 14.2. The second-order valence-electron chi connectivity index (χ2n) is 14.2. The summed E-state index contributed by atoms with van der Waals surface area (Å²) in [5, 5.41) is 0. The first-order valence-corrected chi connectivity index (χ1v) is 20.4. The van der Waals surface area contributed by atoms with Crippen LogP contribution in [-0.2, 0) is 28.6 Å². The smallest absolute Gasteiger partial charge is 0.309 e. The van der Waals surface area contributed by atoms with Crippen LogP contribution in [-0.4, -0.2) is 37.2 Å². The first-order valence-electron chi connectivity index (χ1n) is 20.4. The van der Waals surface area contributed by atoms with E-state index in [4.69, 9.17) is 14.2 Å². The van der Waals surface area contributed by atoms with Gasteiger partial charge in [-0.1, -0.05) is 163 Å². The number of hydrogen-bond acceptors (Lipinski definition) is 6. The summed E-state index contributed by atoms with van der Waals surface area (Å²) in [5.74, 6) is -1.17. The molecule has 0 aromatic heterocycles. The molecule has 6 heteroatoms. The van der Waals surface area contributed by atoms with Crippen LogP contribution in [0, 0.1) is 17.8 Å². The third kappa shape index (κ3) is 26.0. The summed E-state index contributed by atoms with van der Waals surface area (Å²) in [6, 6.07) is 0. The Bertz CT molecular complexity index is 713. The van der Waals surface area contributed by atoms with E-state index in [1.165, 1.54) is 57.8 Å². The van der Waals surface area contributed by atoms with Crippen molar-refractivity contribution >= 4 is 17.9 Å². The standard InChI is InChI=1S/C41H78O6/c1-7-12-17-22-27-32-39(42)45-33-38(34-46-40(43)36(28-23-18-13-8-2)29-24-19-14-9-3)35(6)47-41(44)37(30-25-20-15-10-4)31-26-21-16-11-5/h35-38H,7-34H2,1-6H3. The lowest BCUT2D eigenvalue weighted by molar-refractivity contribution is -0.164. The Hall–Kier alpha value is -1.59. The van der Waals surface area contributed by atoms with E-state index in [9.17, 15) is 14.4 Å². The van der Waals surface area contributed by atoms with E-state index in [2.05, 4.69) is 34.6 Å². The van der Waals surface area contributed by atoms with Gasteiger partial charge in [0.25, 0.3) is 0 Å². The fourth-order valence-electron chi connectivity index (χ4n) is 6.18. The van der Waals surface area contributed by atoms with Gasteiger partial charge in [-0.15, -0.1) is 0 Å². The number of unbranched alkanes of at least 4 members (excludes halogenated alkanes) is 16. The van der Waals surface area contributed by atoms with Crippen LogP contribution in [0.4, 0.5) is 0 Å². The summed E-state index contributed by atoms with van der Waals surface area (Å²) in [6.45, 7) is 13.0. The Morgan fingerprint density at radius 1 is 0.447 bits per heavy atom. The van der Waals surface area contributed by atoms with Gasteiger partial charge in [-0.3, -0.25) is 14.4 Å². The van der Waals surface area contributed by atoms with Crippen LogP contribution in [0.3, 0.4) is 0 Å². The quantitative estimate of drug-likeness (QED) is 0.0386. The van der Waals surface area contributed by atoms with E-state index in [-0.39, 0.29) is 43.0 Å². The van der Waals surface area contributed by atoms with E-state index in [0.29, 0.717) is 6.42 Å². The SMILES string of the molecule is CCCCCCCC(=O)OCC(COC(=O)C(CCCCCC)CCCCCC)C(C)OC(=O)C(CCCCCC)CCCCCC. The van der Waals surface area contributed by atoms with Gasteiger partial charge in [0.15, 0.2) is 0 Å². The number of carbonyl (C=O) groups is 3. The Labute approximate surface area is 291 Å². The normalized spacial score (nSPS) is 12.8. The molecule has 0 bridgehead atoms. The lowest BCUT2D eigenvalue weighted by Crippen LogP contribution is -2.35. The molecular weight excluding hydrogens is 588 g/mol. The molecule has 0 fully saturated rings. The number of hydrogen-bond donors (Lipinski definition) is 0. The summed E-state index contributed by atoms with van der Waals surface area (Å²) in [5.41, 5.74) is 0. The molecule has 0 aromatic carbocycles. The predicted octanol–water partition coefficient (Wildman–Crippen LogP) is 12.1. The number of carbonyl (C=O) groups excluding carboxylic acids is 3.